The van der Waals surface area contributed by atoms with E-state index in [1.54, 1.807) is 11.1 Å². The van der Waals surface area contributed by atoms with Gasteiger partial charge in [0.05, 0.1) is 0 Å². The molecule has 86 valence electrons. The van der Waals surface area contributed by atoms with Crippen LogP contribution in [0.1, 0.15) is 40.5 Å². The van der Waals surface area contributed by atoms with Crippen molar-refractivity contribution in [1.29, 1.82) is 0 Å². The van der Waals surface area contributed by atoms with Gasteiger partial charge in [-0.3, -0.25) is 0 Å². The highest BCUT2D eigenvalue weighted by Crippen LogP contribution is 2.47. The summed E-state index contributed by atoms with van der Waals surface area (Å²) in [6.45, 7) is 10.3. The Bertz CT molecular complexity index is 224. The Morgan fingerprint density at radius 2 is 1.60 bits per heavy atom. The standard InChI is InChI=1S/C10H13N.2C2H6/c1-2-11-6-10-5-9-4-8(9)3-7(1)10;2*1-2/h3,5,8-9,11H,1-2,4,6H2;2*1-2H3. The lowest BCUT2D eigenvalue weighted by Gasteiger charge is -2.21. The molecule has 2 atom stereocenters. The van der Waals surface area contributed by atoms with Crippen LogP contribution < -0.4 is 5.32 Å². The lowest BCUT2D eigenvalue weighted by Crippen LogP contribution is -2.26. The summed E-state index contributed by atoms with van der Waals surface area (Å²) < 4.78 is 0. The van der Waals surface area contributed by atoms with Crippen LogP contribution in [0.2, 0.25) is 0 Å². The summed E-state index contributed by atoms with van der Waals surface area (Å²) in [5, 5.41) is 3.41. The van der Waals surface area contributed by atoms with Crippen LogP contribution in [0.5, 0.6) is 0 Å². The number of hydrogen-bond acceptors (Lipinski definition) is 1. The summed E-state index contributed by atoms with van der Waals surface area (Å²) in [6, 6.07) is 0. The minimum absolute atomic E-state index is 0.925. The predicted molar refractivity (Wildman–Crippen MR) is 67.9 cm³/mol. The van der Waals surface area contributed by atoms with Gasteiger partial charge in [0.1, 0.15) is 0 Å². The predicted octanol–water partition coefficient (Wildman–Crippen LogP) is 3.53. The molecule has 1 heteroatoms. The molecule has 1 N–H and O–H groups in total. The van der Waals surface area contributed by atoms with Crippen LogP contribution in [0.3, 0.4) is 0 Å². The van der Waals surface area contributed by atoms with Gasteiger partial charge in [-0.15, -0.1) is 0 Å². The molecule has 1 aliphatic heterocycles. The fourth-order valence-corrected chi connectivity index (χ4v) is 2.21. The van der Waals surface area contributed by atoms with E-state index in [9.17, 15) is 0 Å². The molecule has 2 unspecified atom stereocenters. The summed E-state index contributed by atoms with van der Waals surface area (Å²) in [6.07, 6.45) is 7.69. The molecular formula is C14H25N. The number of rotatable bonds is 0. The molecule has 2 aliphatic carbocycles. The van der Waals surface area contributed by atoms with Crippen molar-refractivity contribution >= 4 is 0 Å². The SMILES string of the molecule is C1=C2CCNCC2=CC2CC12.CC.CC. The maximum absolute atomic E-state index is 3.41. The molecule has 1 nitrogen and oxygen atoms in total. The van der Waals surface area contributed by atoms with E-state index in [2.05, 4.69) is 17.5 Å². The van der Waals surface area contributed by atoms with E-state index in [-0.39, 0.29) is 0 Å². The van der Waals surface area contributed by atoms with Gasteiger partial charge in [-0.25, -0.2) is 0 Å². The van der Waals surface area contributed by atoms with Gasteiger partial charge in [0.25, 0.3) is 0 Å². The van der Waals surface area contributed by atoms with Crippen molar-refractivity contribution < 1.29 is 0 Å². The van der Waals surface area contributed by atoms with Gasteiger partial charge in [-0.05, 0) is 42.4 Å². The molecule has 1 heterocycles. The van der Waals surface area contributed by atoms with Crippen LogP contribution in [-0.2, 0) is 0 Å². The smallest absolute Gasteiger partial charge is 0.0205 e. The molecule has 0 aromatic rings. The minimum atomic E-state index is 0.925. The van der Waals surface area contributed by atoms with E-state index in [0.29, 0.717) is 0 Å². The summed E-state index contributed by atoms with van der Waals surface area (Å²) >= 11 is 0. The van der Waals surface area contributed by atoms with Gasteiger partial charge in [0, 0.05) is 6.54 Å². The fourth-order valence-electron chi connectivity index (χ4n) is 2.21. The topological polar surface area (TPSA) is 12.0 Å². The average Bonchev–Trinajstić information content (AvgIpc) is 3.09. The maximum atomic E-state index is 3.41. The van der Waals surface area contributed by atoms with Gasteiger partial charge in [0.2, 0.25) is 0 Å². The van der Waals surface area contributed by atoms with E-state index in [4.69, 9.17) is 0 Å². The molecule has 0 radical (unpaired) electrons. The normalized spacial score (nSPS) is 30.1. The molecule has 15 heavy (non-hydrogen) atoms. The molecule has 2 fully saturated rings. The zero-order chi connectivity index (χ0) is 11.3. The molecule has 3 aliphatic rings. The van der Waals surface area contributed by atoms with Crippen molar-refractivity contribution in [3.63, 3.8) is 0 Å². The van der Waals surface area contributed by atoms with Crippen LogP contribution in [0.4, 0.5) is 0 Å². The molecule has 0 aromatic carbocycles. The van der Waals surface area contributed by atoms with Crippen molar-refractivity contribution in [1.82, 2.24) is 5.32 Å². The van der Waals surface area contributed by atoms with Gasteiger partial charge in [-0.1, -0.05) is 39.8 Å². The highest BCUT2D eigenvalue weighted by Gasteiger charge is 2.37. The Morgan fingerprint density at radius 1 is 1.00 bits per heavy atom. The Balaban J connectivity index is 0.000000255. The first kappa shape index (κ1) is 12.5. The van der Waals surface area contributed by atoms with Crippen molar-refractivity contribution in [2.45, 2.75) is 40.5 Å². The number of allylic oxidation sites excluding steroid dienone is 2. The zero-order valence-electron chi connectivity index (χ0n) is 10.6. The second-order valence-corrected chi connectivity index (χ2v) is 3.87. The monoisotopic (exact) mass is 207 g/mol. The third kappa shape index (κ3) is 2.94. The first-order chi connectivity index (χ1) is 7.43. The summed E-state index contributed by atoms with van der Waals surface area (Å²) in [4.78, 5) is 0. The van der Waals surface area contributed by atoms with Gasteiger partial charge < -0.3 is 5.32 Å². The highest BCUT2D eigenvalue weighted by atomic mass is 14.9. The van der Waals surface area contributed by atoms with Crippen LogP contribution in [-0.4, -0.2) is 13.1 Å². The number of hydrogen-bond donors (Lipinski definition) is 1. The molecule has 1 saturated carbocycles. The average molecular weight is 207 g/mol. The second-order valence-electron chi connectivity index (χ2n) is 3.87. The Kier molecular flexibility index (Phi) is 5.10. The quantitative estimate of drug-likeness (QED) is 0.640. The van der Waals surface area contributed by atoms with Crippen molar-refractivity contribution in [2.24, 2.45) is 11.8 Å². The van der Waals surface area contributed by atoms with Gasteiger partial charge in [-0.2, -0.15) is 0 Å². The first-order valence-electron chi connectivity index (χ1n) is 6.56. The Hall–Kier alpha value is -0.560. The zero-order valence-corrected chi connectivity index (χ0v) is 10.6. The highest BCUT2D eigenvalue weighted by molar-refractivity contribution is 5.41. The summed E-state index contributed by atoms with van der Waals surface area (Å²) in [5.41, 5.74) is 3.23. The Morgan fingerprint density at radius 3 is 2.27 bits per heavy atom. The minimum Gasteiger partial charge on any atom is -0.312 e. The number of fused-ring (bicyclic) bond motifs is 2. The van der Waals surface area contributed by atoms with E-state index in [0.717, 1.165) is 18.4 Å². The molecule has 0 aromatic heterocycles. The lowest BCUT2D eigenvalue weighted by molar-refractivity contribution is 0.667. The largest absolute Gasteiger partial charge is 0.312 e. The molecule has 0 bridgehead atoms. The molecule has 1 saturated heterocycles. The van der Waals surface area contributed by atoms with E-state index in [1.807, 2.05) is 27.7 Å². The molecule has 0 amide bonds. The van der Waals surface area contributed by atoms with E-state index < -0.39 is 0 Å². The number of piperidine rings is 1. The van der Waals surface area contributed by atoms with Crippen molar-refractivity contribution in [3.05, 3.63) is 23.3 Å². The molecule has 3 rings (SSSR count). The number of nitrogens with one attached hydrogen (secondary N) is 1. The first-order valence-corrected chi connectivity index (χ1v) is 6.56. The maximum Gasteiger partial charge on any atom is 0.0205 e. The van der Waals surface area contributed by atoms with Crippen LogP contribution >= 0.6 is 0 Å². The summed E-state index contributed by atoms with van der Waals surface area (Å²) in [7, 11) is 0. The molecular weight excluding hydrogens is 182 g/mol. The van der Waals surface area contributed by atoms with E-state index >= 15 is 0 Å². The fraction of sp³-hybridized carbons (Fsp3) is 0.714. The van der Waals surface area contributed by atoms with Gasteiger partial charge in [0.15, 0.2) is 0 Å². The molecule has 0 spiro atoms. The van der Waals surface area contributed by atoms with Crippen LogP contribution in [0.15, 0.2) is 23.3 Å². The van der Waals surface area contributed by atoms with Crippen LogP contribution in [0.25, 0.3) is 0 Å². The van der Waals surface area contributed by atoms with E-state index in [1.165, 1.54) is 19.4 Å². The third-order valence-electron chi connectivity index (χ3n) is 3.02. The second kappa shape index (κ2) is 6.12. The van der Waals surface area contributed by atoms with Crippen molar-refractivity contribution in [3.8, 4) is 0 Å². The third-order valence-corrected chi connectivity index (χ3v) is 3.02. The van der Waals surface area contributed by atoms with Gasteiger partial charge >= 0.3 is 0 Å². The van der Waals surface area contributed by atoms with Crippen molar-refractivity contribution in [2.75, 3.05) is 13.1 Å². The lowest BCUT2D eigenvalue weighted by atomic mass is 9.93. The summed E-state index contributed by atoms with van der Waals surface area (Å²) in [5.74, 6) is 1.86. The Labute approximate surface area is 94.6 Å². The van der Waals surface area contributed by atoms with Crippen LogP contribution in [0, 0.1) is 11.8 Å².